The molecule has 0 bridgehead atoms. The fraction of sp³-hybridized carbons (Fsp3) is 0.733. The molecular formula is C15H26N2O2S2. The highest BCUT2D eigenvalue weighted by Gasteiger charge is 2.22. The SMILES string of the molecule is CCCNCc1sc(S(=O)(=O)NCC2CCCC2)cc1C. The van der Waals surface area contributed by atoms with E-state index in [0.717, 1.165) is 42.8 Å². The smallest absolute Gasteiger partial charge is 0.250 e. The highest BCUT2D eigenvalue weighted by molar-refractivity contribution is 7.91. The van der Waals surface area contributed by atoms with Crippen LogP contribution in [0.25, 0.3) is 0 Å². The van der Waals surface area contributed by atoms with Gasteiger partial charge in [0.05, 0.1) is 0 Å². The van der Waals surface area contributed by atoms with Crippen molar-refractivity contribution in [3.8, 4) is 0 Å². The number of rotatable bonds is 8. The molecule has 0 spiro atoms. The minimum Gasteiger partial charge on any atom is -0.312 e. The van der Waals surface area contributed by atoms with Crippen LogP contribution >= 0.6 is 11.3 Å². The quantitative estimate of drug-likeness (QED) is 0.720. The molecule has 1 aromatic heterocycles. The Bertz CT molecular complexity index is 546. The molecule has 21 heavy (non-hydrogen) atoms. The summed E-state index contributed by atoms with van der Waals surface area (Å²) in [5, 5.41) is 3.33. The van der Waals surface area contributed by atoms with Crippen LogP contribution in [-0.4, -0.2) is 21.5 Å². The first-order valence-corrected chi connectivity index (χ1v) is 10.1. The third kappa shape index (κ3) is 4.77. The summed E-state index contributed by atoms with van der Waals surface area (Å²) in [7, 11) is -3.34. The molecule has 1 aliphatic rings. The first-order valence-electron chi connectivity index (χ1n) is 7.82. The van der Waals surface area contributed by atoms with E-state index in [1.807, 2.05) is 6.92 Å². The lowest BCUT2D eigenvalue weighted by Gasteiger charge is -2.09. The monoisotopic (exact) mass is 330 g/mol. The van der Waals surface area contributed by atoms with Gasteiger partial charge in [-0.25, -0.2) is 13.1 Å². The summed E-state index contributed by atoms with van der Waals surface area (Å²) >= 11 is 1.39. The average Bonchev–Trinajstić information content (AvgIpc) is 3.07. The zero-order chi connectivity index (χ0) is 15.3. The van der Waals surface area contributed by atoms with Crippen LogP contribution in [0.1, 0.15) is 49.5 Å². The number of hydrogen-bond donors (Lipinski definition) is 2. The summed E-state index contributed by atoms with van der Waals surface area (Å²) in [5.74, 6) is 0.520. The molecule has 1 fully saturated rings. The van der Waals surface area contributed by atoms with E-state index in [2.05, 4.69) is 17.0 Å². The van der Waals surface area contributed by atoms with Crippen molar-refractivity contribution >= 4 is 21.4 Å². The van der Waals surface area contributed by atoms with Gasteiger partial charge < -0.3 is 5.32 Å². The number of nitrogens with one attached hydrogen (secondary N) is 2. The topological polar surface area (TPSA) is 58.2 Å². The first-order chi connectivity index (χ1) is 10.0. The summed E-state index contributed by atoms with van der Waals surface area (Å²) in [6, 6.07) is 1.80. The lowest BCUT2D eigenvalue weighted by molar-refractivity contribution is 0.520. The molecule has 1 saturated carbocycles. The van der Waals surface area contributed by atoms with E-state index < -0.39 is 10.0 Å². The second-order valence-corrected chi connectivity index (χ2v) is 8.98. The van der Waals surface area contributed by atoms with Gasteiger partial charge in [0, 0.05) is 18.0 Å². The zero-order valence-corrected chi connectivity index (χ0v) is 14.6. The second-order valence-electron chi connectivity index (χ2n) is 5.85. The summed E-state index contributed by atoms with van der Waals surface area (Å²) in [4.78, 5) is 1.12. The Morgan fingerprint density at radius 1 is 1.33 bits per heavy atom. The van der Waals surface area contributed by atoms with Gasteiger partial charge >= 0.3 is 0 Å². The van der Waals surface area contributed by atoms with Gasteiger partial charge in [0.2, 0.25) is 10.0 Å². The van der Waals surface area contributed by atoms with Crippen molar-refractivity contribution in [2.75, 3.05) is 13.1 Å². The Hall–Kier alpha value is -0.430. The highest BCUT2D eigenvalue weighted by Crippen LogP contribution is 2.27. The molecule has 4 nitrogen and oxygen atoms in total. The molecule has 0 aromatic carbocycles. The van der Waals surface area contributed by atoms with E-state index in [1.165, 1.54) is 24.2 Å². The predicted octanol–water partition coefficient (Wildman–Crippen LogP) is 3.02. The lowest BCUT2D eigenvalue weighted by atomic mass is 10.1. The van der Waals surface area contributed by atoms with Crippen molar-refractivity contribution in [1.29, 1.82) is 0 Å². The molecule has 0 saturated heterocycles. The molecule has 2 rings (SSSR count). The van der Waals surface area contributed by atoms with Crippen LogP contribution in [0.5, 0.6) is 0 Å². The molecule has 1 aliphatic carbocycles. The highest BCUT2D eigenvalue weighted by atomic mass is 32.2. The van der Waals surface area contributed by atoms with Gasteiger partial charge in [-0.15, -0.1) is 11.3 Å². The number of aryl methyl sites for hydroxylation is 1. The molecule has 6 heteroatoms. The van der Waals surface area contributed by atoms with E-state index in [4.69, 9.17) is 0 Å². The Morgan fingerprint density at radius 2 is 2.05 bits per heavy atom. The molecule has 0 atom stereocenters. The maximum Gasteiger partial charge on any atom is 0.250 e. The fourth-order valence-electron chi connectivity index (χ4n) is 2.69. The summed E-state index contributed by atoms with van der Waals surface area (Å²) < 4.78 is 28.0. The van der Waals surface area contributed by atoms with Crippen molar-refractivity contribution in [1.82, 2.24) is 10.0 Å². The van der Waals surface area contributed by atoms with E-state index in [1.54, 1.807) is 6.07 Å². The minimum absolute atomic E-state index is 0.450. The molecule has 0 aliphatic heterocycles. The molecule has 0 radical (unpaired) electrons. The van der Waals surface area contributed by atoms with Gasteiger partial charge in [-0.2, -0.15) is 0 Å². The maximum absolute atomic E-state index is 12.4. The molecular weight excluding hydrogens is 304 g/mol. The third-order valence-electron chi connectivity index (χ3n) is 4.01. The minimum atomic E-state index is -3.34. The van der Waals surface area contributed by atoms with Crippen molar-refractivity contribution in [2.24, 2.45) is 5.92 Å². The normalized spacial score (nSPS) is 16.7. The van der Waals surface area contributed by atoms with Gasteiger partial charge in [-0.05, 0) is 50.3 Å². The van der Waals surface area contributed by atoms with Crippen molar-refractivity contribution in [2.45, 2.75) is 56.7 Å². The Kier molecular flexibility index (Phi) is 6.22. The maximum atomic E-state index is 12.4. The van der Waals surface area contributed by atoms with Crippen LogP contribution in [0, 0.1) is 12.8 Å². The molecule has 1 heterocycles. The van der Waals surface area contributed by atoms with Gasteiger partial charge in [0.15, 0.2) is 0 Å². The van der Waals surface area contributed by atoms with Gasteiger partial charge in [-0.3, -0.25) is 0 Å². The standard InChI is InChI=1S/C15H26N2O2S2/c1-3-8-16-11-14-12(2)9-15(20-14)21(18,19)17-10-13-6-4-5-7-13/h9,13,16-17H,3-8,10-11H2,1-2H3. The van der Waals surface area contributed by atoms with E-state index >= 15 is 0 Å². The van der Waals surface area contributed by atoms with E-state index in [0.29, 0.717) is 16.7 Å². The molecule has 1 aromatic rings. The first kappa shape index (κ1) is 16.9. The van der Waals surface area contributed by atoms with E-state index in [-0.39, 0.29) is 0 Å². The fourth-order valence-corrected chi connectivity index (χ4v) is 5.41. The molecule has 0 unspecified atom stereocenters. The zero-order valence-electron chi connectivity index (χ0n) is 12.9. The van der Waals surface area contributed by atoms with Crippen LogP contribution in [-0.2, 0) is 16.6 Å². The van der Waals surface area contributed by atoms with Crippen molar-refractivity contribution in [3.63, 3.8) is 0 Å². The number of sulfonamides is 1. The van der Waals surface area contributed by atoms with Crippen LogP contribution < -0.4 is 10.0 Å². The van der Waals surface area contributed by atoms with Crippen LogP contribution in [0.15, 0.2) is 10.3 Å². The van der Waals surface area contributed by atoms with Crippen LogP contribution in [0.3, 0.4) is 0 Å². The largest absolute Gasteiger partial charge is 0.312 e. The number of thiophene rings is 1. The molecule has 120 valence electrons. The third-order valence-corrected chi connectivity index (χ3v) is 7.15. The summed E-state index contributed by atoms with van der Waals surface area (Å²) in [6.45, 7) is 6.40. The van der Waals surface area contributed by atoms with Crippen LogP contribution in [0.4, 0.5) is 0 Å². The Morgan fingerprint density at radius 3 is 2.71 bits per heavy atom. The molecule has 2 N–H and O–H groups in total. The second kappa shape index (κ2) is 7.72. The average molecular weight is 331 g/mol. The Labute approximate surface area is 132 Å². The van der Waals surface area contributed by atoms with Gasteiger partial charge in [-0.1, -0.05) is 19.8 Å². The van der Waals surface area contributed by atoms with Gasteiger partial charge in [0.25, 0.3) is 0 Å². The van der Waals surface area contributed by atoms with E-state index in [9.17, 15) is 8.42 Å². The summed E-state index contributed by atoms with van der Waals surface area (Å²) in [5.41, 5.74) is 1.06. The van der Waals surface area contributed by atoms with Gasteiger partial charge in [0.1, 0.15) is 4.21 Å². The van der Waals surface area contributed by atoms with Crippen molar-refractivity contribution in [3.05, 3.63) is 16.5 Å². The van der Waals surface area contributed by atoms with Crippen molar-refractivity contribution < 1.29 is 8.42 Å². The lowest BCUT2D eigenvalue weighted by Crippen LogP contribution is -2.27. The number of hydrogen-bond acceptors (Lipinski definition) is 4. The summed E-state index contributed by atoms with van der Waals surface area (Å²) in [6.07, 6.45) is 5.85. The Balaban J connectivity index is 1.96. The molecule has 0 amide bonds. The predicted molar refractivity (Wildman–Crippen MR) is 88.2 cm³/mol. The van der Waals surface area contributed by atoms with Crippen LogP contribution in [0.2, 0.25) is 0 Å².